The number of anilines is 1. The SMILES string of the molecule is CC(C)NC(=O)Cc1ccc(CCN2CCC(N3CCc4ccccc43)CC2)cc1. The number of hydrogen-bond acceptors (Lipinski definition) is 3. The van der Waals surface area contributed by atoms with E-state index in [2.05, 4.69) is 63.6 Å². The molecule has 0 bridgehead atoms. The van der Waals surface area contributed by atoms with Crippen LogP contribution < -0.4 is 10.2 Å². The maximum Gasteiger partial charge on any atom is 0.224 e. The van der Waals surface area contributed by atoms with Crippen LogP contribution in [0.15, 0.2) is 48.5 Å². The molecule has 0 radical (unpaired) electrons. The van der Waals surface area contributed by atoms with Crippen LogP contribution in [0.2, 0.25) is 0 Å². The monoisotopic (exact) mass is 405 g/mol. The Morgan fingerprint density at radius 2 is 1.70 bits per heavy atom. The summed E-state index contributed by atoms with van der Waals surface area (Å²) < 4.78 is 0. The van der Waals surface area contributed by atoms with Gasteiger partial charge < -0.3 is 15.1 Å². The van der Waals surface area contributed by atoms with Crippen LogP contribution in [0.1, 0.15) is 43.4 Å². The molecule has 160 valence electrons. The maximum atomic E-state index is 11.9. The zero-order valence-corrected chi connectivity index (χ0v) is 18.4. The molecule has 0 unspecified atom stereocenters. The molecule has 0 atom stereocenters. The molecule has 2 aromatic carbocycles. The molecular weight excluding hydrogens is 370 g/mol. The van der Waals surface area contributed by atoms with Gasteiger partial charge in [-0.1, -0.05) is 42.5 Å². The summed E-state index contributed by atoms with van der Waals surface area (Å²) in [6, 6.07) is 18.4. The number of likely N-dealkylation sites (tertiary alicyclic amines) is 1. The lowest BCUT2D eigenvalue weighted by Gasteiger charge is -2.38. The predicted molar refractivity (Wildman–Crippen MR) is 124 cm³/mol. The average Bonchev–Trinajstić information content (AvgIpc) is 3.17. The Kier molecular flexibility index (Phi) is 6.73. The molecule has 2 aromatic rings. The van der Waals surface area contributed by atoms with E-state index in [4.69, 9.17) is 0 Å². The standard InChI is InChI=1S/C26H35N3O/c1-20(2)27-26(30)19-22-9-7-21(8-10-22)11-15-28-16-13-24(14-17-28)29-18-12-23-5-3-4-6-25(23)29/h3-10,20,24H,11-19H2,1-2H3,(H,27,30). The number of carbonyl (C=O) groups is 1. The van der Waals surface area contributed by atoms with Gasteiger partial charge in [0.15, 0.2) is 0 Å². The quantitative estimate of drug-likeness (QED) is 0.761. The highest BCUT2D eigenvalue weighted by Gasteiger charge is 2.28. The van der Waals surface area contributed by atoms with Gasteiger partial charge in [-0.15, -0.1) is 0 Å². The van der Waals surface area contributed by atoms with Crippen molar-refractivity contribution in [3.8, 4) is 0 Å². The third-order valence-electron chi connectivity index (χ3n) is 6.47. The third-order valence-corrected chi connectivity index (χ3v) is 6.47. The van der Waals surface area contributed by atoms with E-state index in [0.717, 1.165) is 18.5 Å². The summed E-state index contributed by atoms with van der Waals surface area (Å²) >= 11 is 0. The minimum atomic E-state index is 0.0984. The van der Waals surface area contributed by atoms with Crippen molar-refractivity contribution >= 4 is 11.6 Å². The lowest BCUT2D eigenvalue weighted by Crippen LogP contribution is -2.44. The summed E-state index contributed by atoms with van der Waals surface area (Å²) in [6.07, 6.45) is 5.27. The Labute approximate surface area is 181 Å². The third kappa shape index (κ3) is 5.23. The second-order valence-corrected chi connectivity index (χ2v) is 9.11. The molecule has 0 saturated carbocycles. The van der Waals surface area contributed by atoms with E-state index in [1.54, 1.807) is 0 Å². The molecule has 30 heavy (non-hydrogen) atoms. The number of amides is 1. The summed E-state index contributed by atoms with van der Waals surface area (Å²) in [5, 5.41) is 2.95. The van der Waals surface area contributed by atoms with E-state index in [-0.39, 0.29) is 11.9 Å². The molecule has 0 spiro atoms. The zero-order chi connectivity index (χ0) is 20.9. The lowest BCUT2D eigenvalue weighted by atomic mass is 10.0. The fourth-order valence-corrected chi connectivity index (χ4v) is 4.87. The number of benzene rings is 2. The zero-order valence-electron chi connectivity index (χ0n) is 18.4. The minimum absolute atomic E-state index is 0.0984. The van der Waals surface area contributed by atoms with Gasteiger partial charge in [-0.2, -0.15) is 0 Å². The van der Waals surface area contributed by atoms with Crippen LogP contribution in [0.25, 0.3) is 0 Å². The van der Waals surface area contributed by atoms with Crippen LogP contribution in [0.5, 0.6) is 0 Å². The first kappa shape index (κ1) is 20.9. The molecule has 0 aromatic heterocycles. The minimum Gasteiger partial charge on any atom is -0.368 e. The van der Waals surface area contributed by atoms with Gasteiger partial charge in [0, 0.05) is 44.0 Å². The van der Waals surface area contributed by atoms with Gasteiger partial charge in [0.1, 0.15) is 0 Å². The lowest BCUT2D eigenvalue weighted by molar-refractivity contribution is -0.120. The second-order valence-electron chi connectivity index (χ2n) is 9.11. The summed E-state index contributed by atoms with van der Waals surface area (Å²) in [7, 11) is 0. The molecule has 4 rings (SSSR count). The van der Waals surface area contributed by atoms with Crippen LogP contribution in [0.4, 0.5) is 5.69 Å². The normalized spacial score (nSPS) is 17.4. The van der Waals surface area contributed by atoms with Crippen molar-refractivity contribution in [2.75, 3.05) is 31.1 Å². The van der Waals surface area contributed by atoms with E-state index in [0.29, 0.717) is 12.5 Å². The first-order valence-corrected chi connectivity index (χ1v) is 11.5. The average molecular weight is 406 g/mol. The summed E-state index contributed by atoms with van der Waals surface area (Å²) in [4.78, 5) is 17.2. The van der Waals surface area contributed by atoms with E-state index in [1.165, 1.54) is 55.7 Å². The molecule has 1 saturated heterocycles. The van der Waals surface area contributed by atoms with Gasteiger partial charge in [0.25, 0.3) is 0 Å². The van der Waals surface area contributed by atoms with Gasteiger partial charge in [0.2, 0.25) is 5.91 Å². The second kappa shape index (κ2) is 9.65. The molecule has 2 aliphatic heterocycles. The highest BCUT2D eigenvalue weighted by molar-refractivity contribution is 5.78. The van der Waals surface area contributed by atoms with Crippen molar-refractivity contribution < 1.29 is 4.79 Å². The number of nitrogens with one attached hydrogen (secondary N) is 1. The summed E-state index contributed by atoms with van der Waals surface area (Å²) in [6.45, 7) is 8.68. The number of nitrogens with zero attached hydrogens (tertiary/aromatic N) is 2. The number of para-hydroxylation sites is 1. The summed E-state index contributed by atoms with van der Waals surface area (Å²) in [5.74, 6) is 0.0984. The Balaban J connectivity index is 1.21. The summed E-state index contributed by atoms with van der Waals surface area (Å²) in [5.41, 5.74) is 5.44. The molecule has 0 aliphatic carbocycles. The van der Waals surface area contributed by atoms with Crippen molar-refractivity contribution in [3.63, 3.8) is 0 Å². The van der Waals surface area contributed by atoms with Crippen LogP contribution in [0.3, 0.4) is 0 Å². The number of carbonyl (C=O) groups excluding carboxylic acids is 1. The molecule has 2 aliphatic rings. The first-order valence-electron chi connectivity index (χ1n) is 11.5. The Hall–Kier alpha value is -2.33. The van der Waals surface area contributed by atoms with E-state index >= 15 is 0 Å². The number of fused-ring (bicyclic) bond motifs is 1. The Morgan fingerprint density at radius 1 is 1.00 bits per heavy atom. The smallest absolute Gasteiger partial charge is 0.224 e. The van der Waals surface area contributed by atoms with Crippen molar-refractivity contribution in [1.82, 2.24) is 10.2 Å². The van der Waals surface area contributed by atoms with Gasteiger partial charge in [0.05, 0.1) is 6.42 Å². The molecule has 1 amide bonds. The maximum absolute atomic E-state index is 11.9. The Bertz CT molecular complexity index is 838. The fraction of sp³-hybridized carbons (Fsp3) is 0.500. The first-order chi connectivity index (χ1) is 14.6. The topological polar surface area (TPSA) is 35.6 Å². The molecule has 4 heteroatoms. The fourth-order valence-electron chi connectivity index (χ4n) is 4.87. The number of piperidine rings is 1. The van der Waals surface area contributed by atoms with Crippen LogP contribution in [0, 0.1) is 0 Å². The highest BCUT2D eigenvalue weighted by atomic mass is 16.1. The van der Waals surface area contributed by atoms with E-state index in [1.807, 2.05) is 13.8 Å². The van der Waals surface area contributed by atoms with Crippen molar-refractivity contribution in [1.29, 1.82) is 0 Å². The van der Waals surface area contributed by atoms with Crippen LogP contribution in [-0.2, 0) is 24.1 Å². The highest BCUT2D eigenvalue weighted by Crippen LogP contribution is 2.32. The largest absolute Gasteiger partial charge is 0.368 e. The van der Waals surface area contributed by atoms with Gasteiger partial charge in [-0.05, 0) is 62.3 Å². The molecule has 1 N–H and O–H groups in total. The van der Waals surface area contributed by atoms with Gasteiger partial charge in [-0.25, -0.2) is 0 Å². The van der Waals surface area contributed by atoms with Crippen molar-refractivity contribution in [2.45, 2.75) is 58.0 Å². The predicted octanol–water partition coefficient (Wildman–Crippen LogP) is 3.82. The van der Waals surface area contributed by atoms with Crippen molar-refractivity contribution in [3.05, 3.63) is 65.2 Å². The number of rotatable bonds is 7. The van der Waals surface area contributed by atoms with Gasteiger partial charge in [-0.3, -0.25) is 4.79 Å². The molecule has 1 fully saturated rings. The number of hydrogen-bond donors (Lipinski definition) is 1. The Morgan fingerprint density at radius 3 is 2.43 bits per heavy atom. The molecular formula is C26H35N3O. The van der Waals surface area contributed by atoms with E-state index in [9.17, 15) is 4.79 Å². The van der Waals surface area contributed by atoms with Crippen LogP contribution in [-0.4, -0.2) is 49.1 Å². The molecule has 2 heterocycles. The van der Waals surface area contributed by atoms with Crippen LogP contribution >= 0.6 is 0 Å². The molecule has 4 nitrogen and oxygen atoms in total. The van der Waals surface area contributed by atoms with Crippen molar-refractivity contribution in [2.24, 2.45) is 0 Å². The van der Waals surface area contributed by atoms with Gasteiger partial charge >= 0.3 is 0 Å². The van der Waals surface area contributed by atoms with E-state index < -0.39 is 0 Å².